The zero-order valence-electron chi connectivity index (χ0n) is 11.7. The molecule has 4 nitrogen and oxygen atoms in total. The Balaban J connectivity index is 0.000000171. The Morgan fingerprint density at radius 1 is 0.941 bits per heavy atom. The van der Waals surface area contributed by atoms with Crippen LogP contribution >= 0.6 is 0 Å². The summed E-state index contributed by atoms with van der Waals surface area (Å²) in [4.78, 5) is 4.67. The van der Waals surface area contributed by atoms with Crippen LogP contribution in [0.1, 0.15) is 27.7 Å². The number of ether oxygens (including phenoxy) is 1. The van der Waals surface area contributed by atoms with Crippen molar-refractivity contribution >= 4 is 0 Å². The molecule has 0 aliphatic carbocycles. The molecular weight excluding hydrogens is 216 g/mol. The smallest absolute Gasteiger partial charge is 0.0794 e. The average Bonchev–Trinajstić information content (AvgIpc) is 2.26. The highest BCUT2D eigenvalue weighted by molar-refractivity contribution is 4.80. The van der Waals surface area contributed by atoms with Gasteiger partial charge in [0.1, 0.15) is 0 Å². The van der Waals surface area contributed by atoms with Crippen LogP contribution in [0.3, 0.4) is 0 Å². The summed E-state index contributed by atoms with van der Waals surface area (Å²) in [5, 5.41) is 8.83. The molecule has 2 aliphatic heterocycles. The van der Waals surface area contributed by atoms with Crippen molar-refractivity contribution in [1.29, 1.82) is 0 Å². The van der Waals surface area contributed by atoms with Crippen molar-refractivity contribution in [3.63, 3.8) is 0 Å². The van der Waals surface area contributed by atoms with Crippen molar-refractivity contribution in [1.82, 2.24) is 9.80 Å². The summed E-state index contributed by atoms with van der Waals surface area (Å²) in [7, 11) is 0. The fraction of sp³-hybridized carbons (Fsp3) is 1.00. The molecule has 0 aromatic carbocycles. The summed E-state index contributed by atoms with van der Waals surface area (Å²) < 4.78 is 5.21. The minimum Gasteiger partial charge on any atom is -0.390 e. The van der Waals surface area contributed by atoms with Crippen molar-refractivity contribution in [2.75, 3.05) is 39.4 Å². The molecule has 2 rings (SSSR count). The third kappa shape index (κ3) is 5.34. The number of rotatable bonds is 2. The number of hydrogen-bond acceptors (Lipinski definition) is 4. The topological polar surface area (TPSA) is 35.9 Å². The number of nitrogens with zero attached hydrogens (tertiary/aromatic N) is 2. The molecule has 2 saturated heterocycles. The van der Waals surface area contributed by atoms with E-state index in [4.69, 9.17) is 9.84 Å². The van der Waals surface area contributed by atoms with Gasteiger partial charge in [-0.2, -0.15) is 0 Å². The number of morpholine rings is 1. The molecule has 0 radical (unpaired) electrons. The van der Waals surface area contributed by atoms with Gasteiger partial charge in [0, 0.05) is 38.3 Å². The van der Waals surface area contributed by atoms with E-state index in [1.807, 2.05) is 0 Å². The van der Waals surface area contributed by atoms with Gasteiger partial charge in [0.05, 0.1) is 19.3 Å². The Morgan fingerprint density at radius 3 is 1.65 bits per heavy atom. The number of likely N-dealkylation sites (tertiary alicyclic amines) is 1. The maximum Gasteiger partial charge on any atom is 0.0794 e. The maximum absolute atomic E-state index is 8.83. The predicted octanol–water partition coefficient (Wildman–Crippen LogP) is 0.798. The molecule has 0 spiro atoms. The van der Waals surface area contributed by atoms with Gasteiger partial charge in [-0.15, -0.1) is 0 Å². The van der Waals surface area contributed by atoms with Gasteiger partial charge in [-0.25, -0.2) is 0 Å². The summed E-state index contributed by atoms with van der Waals surface area (Å²) in [6, 6.07) is 1.30. The first-order valence-corrected chi connectivity index (χ1v) is 6.74. The number of hydrogen-bond donors (Lipinski definition) is 1. The summed E-state index contributed by atoms with van der Waals surface area (Å²) >= 11 is 0. The minimum atomic E-state index is -0.0441. The molecule has 2 heterocycles. The quantitative estimate of drug-likeness (QED) is 0.779. The minimum absolute atomic E-state index is 0.0441. The summed E-state index contributed by atoms with van der Waals surface area (Å²) in [5.74, 6) is 0. The zero-order valence-corrected chi connectivity index (χ0v) is 11.7. The van der Waals surface area contributed by atoms with E-state index in [9.17, 15) is 0 Å². The molecule has 17 heavy (non-hydrogen) atoms. The Bertz CT molecular complexity index is 198. The maximum atomic E-state index is 8.83. The summed E-state index contributed by atoms with van der Waals surface area (Å²) in [5.41, 5.74) is 0. The van der Waals surface area contributed by atoms with Gasteiger partial charge in [0.25, 0.3) is 0 Å². The Morgan fingerprint density at radius 2 is 1.41 bits per heavy atom. The van der Waals surface area contributed by atoms with Crippen molar-refractivity contribution < 1.29 is 9.84 Å². The highest BCUT2D eigenvalue weighted by Gasteiger charge is 2.25. The van der Waals surface area contributed by atoms with Gasteiger partial charge in [-0.05, 0) is 27.7 Å². The van der Waals surface area contributed by atoms with E-state index in [1.165, 1.54) is 0 Å². The molecule has 0 unspecified atom stereocenters. The Labute approximate surface area is 106 Å². The molecule has 0 bridgehead atoms. The zero-order chi connectivity index (χ0) is 12.8. The molecule has 0 atom stereocenters. The van der Waals surface area contributed by atoms with Crippen LogP contribution in [0.4, 0.5) is 0 Å². The second kappa shape index (κ2) is 7.31. The SMILES string of the molecule is CC(C)N1CC(O)C1.CC(C)N1CCOCC1. The molecule has 4 heteroatoms. The van der Waals surface area contributed by atoms with Crippen molar-refractivity contribution in [3.05, 3.63) is 0 Å². The van der Waals surface area contributed by atoms with Gasteiger partial charge < -0.3 is 9.84 Å². The molecule has 1 N–H and O–H groups in total. The van der Waals surface area contributed by atoms with Crippen LogP contribution in [0.2, 0.25) is 0 Å². The largest absolute Gasteiger partial charge is 0.390 e. The van der Waals surface area contributed by atoms with Gasteiger partial charge >= 0.3 is 0 Å². The van der Waals surface area contributed by atoms with Crippen LogP contribution in [0.5, 0.6) is 0 Å². The molecular formula is C13H28N2O2. The lowest BCUT2D eigenvalue weighted by Crippen LogP contribution is -2.53. The van der Waals surface area contributed by atoms with Gasteiger partial charge in [-0.3, -0.25) is 9.80 Å². The molecule has 0 saturated carbocycles. The number of β-amino-alcohol motifs (C(OH)–C–C–N with tert-alkyl or cyclic N) is 1. The number of aliphatic hydroxyl groups is 1. The standard InChI is InChI=1S/C7H15NO.C6H13NO/c1-7(2)8-3-5-9-6-4-8;1-5(2)7-3-6(8)4-7/h7H,3-6H2,1-2H3;5-6,8H,3-4H2,1-2H3. The molecule has 2 aliphatic rings. The van der Waals surface area contributed by atoms with Crippen LogP contribution in [-0.2, 0) is 4.74 Å². The molecule has 102 valence electrons. The van der Waals surface area contributed by atoms with Crippen molar-refractivity contribution in [2.45, 2.75) is 45.9 Å². The van der Waals surface area contributed by atoms with Gasteiger partial charge in [0.2, 0.25) is 0 Å². The van der Waals surface area contributed by atoms with E-state index in [0.29, 0.717) is 12.1 Å². The van der Waals surface area contributed by atoms with Gasteiger partial charge in [0.15, 0.2) is 0 Å². The van der Waals surface area contributed by atoms with Crippen LogP contribution in [0, 0.1) is 0 Å². The highest BCUT2D eigenvalue weighted by Crippen LogP contribution is 2.10. The lowest BCUT2D eigenvalue weighted by atomic mass is 10.1. The van der Waals surface area contributed by atoms with Crippen LogP contribution in [0.15, 0.2) is 0 Å². The Hall–Kier alpha value is -0.160. The van der Waals surface area contributed by atoms with Crippen molar-refractivity contribution in [3.8, 4) is 0 Å². The highest BCUT2D eigenvalue weighted by atomic mass is 16.5. The van der Waals surface area contributed by atoms with E-state index in [1.54, 1.807) is 0 Å². The molecule has 0 aromatic rings. The fourth-order valence-corrected chi connectivity index (χ4v) is 2.00. The van der Waals surface area contributed by atoms with E-state index in [-0.39, 0.29) is 6.10 Å². The predicted molar refractivity (Wildman–Crippen MR) is 70.2 cm³/mol. The first kappa shape index (κ1) is 14.9. The summed E-state index contributed by atoms with van der Waals surface area (Å²) in [6.45, 7) is 14.5. The average molecular weight is 244 g/mol. The van der Waals surface area contributed by atoms with E-state index in [2.05, 4.69) is 37.5 Å². The van der Waals surface area contributed by atoms with Crippen LogP contribution in [-0.4, -0.2) is 72.5 Å². The fourth-order valence-electron chi connectivity index (χ4n) is 2.00. The monoisotopic (exact) mass is 244 g/mol. The second-order valence-corrected chi connectivity index (χ2v) is 5.44. The van der Waals surface area contributed by atoms with Crippen LogP contribution in [0.25, 0.3) is 0 Å². The molecule has 0 amide bonds. The Kier molecular flexibility index (Phi) is 6.41. The first-order chi connectivity index (χ1) is 8.00. The lowest BCUT2D eigenvalue weighted by Gasteiger charge is -2.38. The number of aliphatic hydroxyl groups excluding tert-OH is 1. The third-order valence-corrected chi connectivity index (χ3v) is 3.40. The van der Waals surface area contributed by atoms with E-state index in [0.717, 1.165) is 39.4 Å². The first-order valence-electron chi connectivity index (χ1n) is 6.74. The van der Waals surface area contributed by atoms with Crippen LogP contribution < -0.4 is 0 Å². The third-order valence-electron chi connectivity index (χ3n) is 3.40. The second-order valence-electron chi connectivity index (χ2n) is 5.44. The van der Waals surface area contributed by atoms with Gasteiger partial charge in [-0.1, -0.05) is 0 Å². The summed E-state index contributed by atoms with van der Waals surface area (Å²) in [6.07, 6.45) is -0.0441. The normalized spacial score (nSPS) is 23.5. The molecule has 2 fully saturated rings. The lowest BCUT2D eigenvalue weighted by molar-refractivity contribution is -0.0161. The van der Waals surface area contributed by atoms with Crippen molar-refractivity contribution in [2.24, 2.45) is 0 Å². The van der Waals surface area contributed by atoms with E-state index < -0.39 is 0 Å². The van der Waals surface area contributed by atoms with E-state index >= 15 is 0 Å². The molecule has 0 aromatic heterocycles.